The van der Waals surface area contributed by atoms with Gasteiger partial charge in [0.1, 0.15) is 0 Å². The Hall–Kier alpha value is -1.42. The zero-order valence-electron chi connectivity index (χ0n) is 8.43. The average molecular weight is 197 g/mol. The second-order valence-electron chi connectivity index (χ2n) is 2.40. The molecular weight excluding hydrogens is 182 g/mol. The number of aliphatic hydroxyl groups excluding tert-OH is 1. The van der Waals surface area contributed by atoms with Crippen LogP contribution in [0.25, 0.3) is 0 Å². The summed E-state index contributed by atoms with van der Waals surface area (Å²) in [5.74, 6) is 0. The minimum absolute atomic E-state index is 0.0673. The zero-order chi connectivity index (χ0) is 11.0. The Balaban J connectivity index is 0.000000791. The monoisotopic (exact) mass is 197 g/mol. The molecule has 0 fully saturated rings. The van der Waals surface area contributed by atoms with E-state index in [1.165, 1.54) is 12.1 Å². The molecule has 0 atom stereocenters. The lowest BCUT2D eigenvalue weighted by atomic mass is 10.1. The van der Waals surface area contributed by atoms with E-state index in [4.69, 9.17) is 5.11 Å². The van der Waals surface area contributed by atoms with Gasteiger partial charge in [-0.15, -0.1) is 0 Å². The van der Waals surface area contributed by atoms with Gasteiger partial charge in [0.2, 0.25) is 0 Å². The minimum Gasteiger partial charge on any atom is -0.396 e. The van der Waals surface area contributed by atoms with Crippen molar-refractivity contribution in [2.24, 2.45) is 0 Å². The molecule has 78 valence electrons. The third kappa shape index (κ3) is 4.00. The third-order valence-electron chi connectivity index (χ3n) is 1.55. The van der Waals surface area contributed by atoms with E-state index in [-0.39, 0.29) is 12.3 Å². The quantitative estimate of drug-likeness (QED) is 0.596. The lowest BCUT2D eigenvalue weighted by molar-refractivity contribution is -0.384. The summed E-state index contributed by atoms with van der Waals surface area (Å²) in [6.07, 6.45) is 0.540. The fourth-order valence-corrected chi connectivity index (χ4v) is 0.913. The molecule has 0 saturated heterocycles. The molecule has 0 aliphatic rings. The van der Waals surface area contributed by atoms with Gasteiger partial charge in [-0.25, -0.2) is 0 Å². The predicted octanol–water partition coefficient (Wildman–Crippen LogP) is 2.16. The van der Waals surface area contributed by atoms with Crippen molar-refractivity contribution in [2.75, 3.05) is 6.61 Å². The SMILES string of the molecule is CC.O=[N+]([O-])c1ccc(CCO)cc1. The maximum absolute atomic E-state index is 10.2. The van der Waals surface area contributed by atoms with Gasteiger partial charge in [-0.3, -0.25) is 10.1 Å². The molecular formula is C10H15NO3. The predicted molar refractivity (Wildman–Crippen MR) is 55.2 cm³/mol. The zero-order valence-corrected chi connectivity index (χ0v) is 8.43. The number of non-ortho nitro benzene ring substituents is 1. The number of hydrogen-bond acceptors (Lipinski definition) is 3. The molecule has 4 heteroatoms. The summed E-state index contributed by atoms with van der Waals surface area (Å²) in [4.78, 5) is 9.78. The molecule has 0 bridgehead atoms. The fraction of sp³-hybridized carbons (Fsp3) is 0.400. The Morgan fingerprint density at radius 3 is 2.14 bits per heavy atom. The van der Waals surface area contributed by atoms with Crippen molar-refractivity contribution in [3.05, 3.63) is 39.9 Å². The van der Waals surface area contributed by atoms with Gasteiger partial charge in [0.05, 0.1) is 4.92 Å². The Morgan fingerprint density at radius 2 is 1.79 bits per heavy atom. The molecule has 4 nitrogen and oxygen atoms in total. The summed E-state index contributed by atoms with van der Waals surface area (Å²) < 4.78 is 0. The standard InChI is InChI=1S/C8H9NO3.C2H6/c10-6-5-7-1-3-8(4-2-7)9(11)12;1-2/h1-4,10H,5-6H2;1-2H3. The number of nitrogens with zero attached hydrogens (tertiary/aromatic N) is 1. The highest BCUT2D eigenvalue weighted by Gasteiger charge is 2.02. The minimum atomic E-state index is -0.442. The van der Waals surface area contributed by atoms with Crippen LogP contribution < -0.4 is 0 Å². The van der Waals surface area contributed by atoms with Crippen molar-refractivity contribution in [1.82, 2.24) is 0 Å². The van der Waals surface area contributed by atoms with Crippen LogP contribution >= 0.6 is 0 Å². The maximum atomic E-state index is 10.2. The molecule has 0 spiro atoms. The van der Waals surface area contributed by atoms with E-state index in [9.17, 15) is 10.1 Å². The Morgan fingerprint density at radius 1 is 1.29 bits per heavy atom. The Labute approximate surface area is 83.3 Å². The number of nitro benzene ring substituents is 1. The summed E-state index contributed by atoms with van der Waals surface area (Å²) in [5, 5.41) is 18.8. The van der Waals surface area contributed by atoms with Crippen LogP contribution in [0.15, 0.2) is 24.3 Å². The van der Waals surface area contributed by atoms with Crippen LogP contribution in [-0.4, -0.2) is 16.6 Å². The highest BCUT2D eigenvalue weighted by atomic mass is 16.6. The van der Waals surface area contributed by atoms with Crippen molar-refractivity contribution in [2.45, 2.75) is 20.3 Å². The smallest absolute Gasteiger partial charge is 0.269 e. The molecule has 1 rings (SSSR count). The van der Waals surface area contributed by atoms with Crippen LogP contribution in [0.2, 0.25) is 0 Å². The van der Waals surface area contributed by atoms with Gasteiger partial charge in [0.15, 0.2) is 0 Å². The van der Waals surface area contributed by atoms with Crippen LogP contribution in [0.1, 0.15) is 19.4 Å². The van der Waals surface area contributed by atoms with Crippen LogP contribution in [0, 0.1) is 10.1 Å². The van der Waals surface area contributed by atoms with Crippen molar-refractivity contribution in [3.8, 4) is 0 Å². The van der Waals surface area contributed by atoms with Crippen LogP contribution in [0.5, 0.6) is 0 Å². The Bertz CT molecular complexity index is 269. The summed E-state index contributed by atoms with van der Waals surface area (Å²) in [7, 11) is 0. The van der Waals surface area contributed by atoms with Gasteiger partial charge in [0.25, 0.3) is 5.69 Å². The van der Waals surface area contributed by atoms with E-state index in [1.54, 1.807) is 12.1 Å². The first-order valence-corrected chi connectivity index (χ1v) is 4.58. The first-order chi connectivity index (χ1) is 6.74. The molecule has 0 unspecified atom stereocenters. The first kappa shape index (κ1) is 12.6. The van der Waals surface area contributed by atoms with Gasteiger partial charge in [0, 0.05) is 18.7 Å². The summed E-state index contributed by atoms with van der Waals surface area (Å²) in [5.41, 5.74) is 0.986. The number of rotatable bonds is 3. The van der Waals surface area contributed by atoms with Gasteiger partial charge in [-0.05, 0) is 12.0 Å². The van der Waals surface area contributed by atoms with Crippen LogP contribution in [0.4, 0.5) is 5.69 Å². The lowest BCUT2D eigenvalue weighted by Gasteiger charge is -1.95. The molecule has 0 amide bonds. The van der Waals surface area contributed by atoms with Crippen molar-refractivity contribution in [1.29, 1.82) is 0 Å². The van der Waals surface area contributed by atoms with Crippen molar-refractivity contribution in [3.63, 3.8) is 0 Å². The van der Waals surface area contributed by atoms with E-state index < -0.39 is 4.92 Å². The Kier molecular flexibility index (Phi) is 6.32. The topological polar surface area (TPSA) is 63.4 Å². The summed E-state index contributed by atoms with van der Waals surface area (Å²) in [6.45, 7) is 4.07. The number of benzene rings is 1. The molecule has 14 heavy (non-hydrogen) atoms. The van der Waals surface area contributed by atoms with E-state index in [0.29, 0.717) is 6.42 Å². The number of nitro groups is 1. The molecule has 1 N–H and O–H groups in total. The van der Waals surface area contributed by atoms with E-state index in [2.05, 4.69) is 0 Å². The second kappa shape index (κ2) is 7.03. The first-order valence-electron chi connectivity index (χ1n) is 4.58. The normalized spacial score (nSPS) is 8.79. The lowest BCUT2D eigenvalue weighted by Crippen LogP contribution is -1.91. The molecule has 0 saturated carbocycles. The van der Waals surface area contributed by atoms with Crippen LogP contribution in [-0.2, 0) is 6.42 Å². The molecule has 0 heterocycles. The highest BCUT2D eigenvalue weighted by Crippen LogP contribution is 2.11. The van der Waals surface area contributed by atoms with Gasteiger partial charge < -0.3 is 5.11 Å². The molecule has 0 radical (unpaired) electrons. The van der Waals surface area contributed by atoms with E-state index in [0.717, 1.165) is 5.56 Å². The van der Waals surface area contributed by atoms with Gasteiger partial charge in [-0.1, -0.05) is 26.0 Å². The molecule has 1 aromatic carbocycles. The largest absolute Gasteiger partial charge is 0.396 e. The van der Waals surface area contributed by atoms with E-state index in [1.807, 2.05) is 13.8 Å². The third-order valence-corrected chi connectivity index (χ3v) is 1.55. The van der Waals surface area contributed by atoms with Gasteiger partial charge in [-0.2, -0.15) is 0 Å². The van der Waals surface area contributed by atoms with E-state index >= 15 is 0 Å². The average Bonchev–Trinajstić information content (AvgIpc) is 2.22. The second-order valence-corrected chi connectivity index (χ2v) is 2.40. The van der Waals surface area contributed by atoms with Crippen LogP contribution in [0.3, 0.4) is 0 Å². The highest BCUT2D eigenvalue weighted by molar-refractivity contribution is 5.32. The molecule has 0 aliphatic heterocycles. The van der Waals surface area contributed by atoms with Crippen molar-refractivity contribution >= 4 is 5.69 Å². The summed E-state index contributed by atoms with van der Waals surface area (Å²) in [6, 6.07) is 6.17. The number of aliphatic hydroxyl groups is 1. The molecule has 0 aliphatic carbocycles. The maximum Gasteiger partial charge on any atom is 0.269 e. The van der Waals surface area contributed by atoms with Crippen molar-refractivity contribution < 1.29 is 10.0 Å². The van der Waals surface area contributed by atoms with Gasteiger partial charge >= 0.3 is 0 Å². The fourth-order valence-electron chi connectivity index (χ4n) is 0.913. The summed E-state index contributed by atoms with van der Waals surface area (Å²) >= 11 is 0. The molecule has 1 aromatic rings. The number of hydrogen-bond donors (Lipinski definition) is 1. The molecule has 0 aromatic heterocycles.